The maximum Gasteiger partial charge on any atom is 0.123 e. The number of aromatic nitrogens is 1. The van der Waals surface area contributed by atoms with E-state index in [2.05, 4.69) is 42.2 Å². The van der Waals surface area contributed by atoms with Crippen molar-refractivity contribution in [3.8, 4) is 16.6 Å². The van der Waals surface area contributed by atoms with Gasteiger partial charge in [0.05, 0.1) is 11.8 Å². The summed E-state index contributed by atoms with van der Waals surface area (Å²) in [5, 5.41) is 11.6. The molecule has 1 aromatic heterocycles. The van der Waals surface area contributed by atoms with E-state index in [9.17, 15) is 0 Å². The molecule has 1 aromatic carbocycles. The summed E-state index contributed by atoms with van der Waals surface area (Å²) in [6.07, 6.45) is 2.35. The molecule has 2 rings (SSSR count). The van der Waals surface area contributed by atoms with Gasteiger partial charge in [-0.2, -0.15) is 5.26 Å². The van der Waals surface area contributed by atoms with Gasteiger partial charge in [0.1, 0.15) is 5.01 Å². The van der Waals surface area contributed by atoms with Crippen molar-refractivity contribution in [2.24, 2.45) is 0 Å². The van der Waals surface area contributed by atoms with Gasteiger partial charge in [-0.05, 0) is 12.0 Å². The molecule has 17 heavy (non-hydrogen) atoms. The lowest BCUT2D eigenvalue weighted by Gasteiger charge is -1.98. The highest BCUT2D eigenvalue weighted by molar-refractivity contribution is 7.13. The molecule has 0 saturated carbocycles. The van der Waals surface area contributed by atoms with Gasteiger partial charge in [-0.25, -0.2) is 4.98 Å². The Kier molecular flexibility index (Phi) is 3.89. The van der Waals surface area contributed by atoms with Crippen LogP contribution < -0.4 is 0 Å². The molecule has 0 radical (unpaired) electrons. The molecular formula is C14H14N2S. The first-order valence-electron chi connectivity index (χ1n) is 5.74. The molecule has 0 spiro atoms. The first kappa shape index (κ1) is 11.8. The number of hydrogen-bond acceptors (Lipinski definition) is 3. The highest BCUT2D eigenvalue weighted by atomic mass is 32.1. The summed E-state index contributed by atoms with van der Waals surface area (Å²) >= 11 is 1.65. The van der Waals surface area contributed by atoms with E-state index in [4.69, 9.17) is 5.26 Å². The monoisotopic (exact) mass is 242 g/mol. The predicted octanol–water partition coefficient (Wildman–Crippen LogP) is 3.83. The van der Waals surface area contributed by atoms with Crippen molar-refractivity contribution in [2.45, 2.75) is 26.2 Å². The van der Waals surface area contributed by atoms with E-state index in [1.165, 1.54) is 5.56 Å². The van der Waals surface area contributed by atoms with Crippen molar-refractivity contribution in [1.29, 1.82) is 5.26 Å². The molecule has 0 aliphatic heterocycles. The molecule has 0 atom stereocenters. The molecule has 0 aliphatic carbocycles. The molecule has 0 N–H and O–H groups in total. The van der Waals surface area contributed by atoms with E-state index in [0.717, 1.165) is 29.1 Å². The van der Waals surface area contributed by atoms with Crippen molar-refractivity contribution < 1.29 is 0 Å². The first-order valence-corrected chi connectivity index (χ1v) is 6.62. The lowest BCUT2D eigenvalue weighted by Crippen LogP contribution is -1.84. The number of nitrogens with zero attached hydrogens (tertiary/aromatic N) is 2. The fourth-order valence-electron chi connectivity index (χ4n) is 1.62. The van der Waals surface area contributed by atoms with Gasteiger partial charge in [0.15, 0.2) is 0 Å². The Morgan fingerprint density at radius 1 is 1.29 bits per heavy atom. The van der Waals surface area contributed by atoms with Gasteiger partial charge >= 0.3 is 0 Å². The number of benzene rings is 1. The largest absolute Gasteiger partial charge is 0.241 e. The minimum Gasteiger partial charge on any atom is -0.241 e. The van der Waals surface area contributed by atoms with E-state index < -0.39 is 0 Å². The quantitative estimate of drug-likeness (QED) is 0.817. The van der Waals surface area contributed by atoms with Gasteiger partial charge in [-0.3, -0.25) is 0 Å². The highest BCUT2D eigenvalue weighted by Crippen LogP contribution is 2.24. The Morgan fingerprint density at radius 2 is 2.06 bits per heavy atom. The molecule has 0 saturated heterocycles. The summed E-state index contributed by atoms with van der Waals surface area (Å²) in [5.41, 5.74) is 3.52. The molecule has 0 amide bonds. The smallest absolute Gasteiger partial charge is 0.123 e. The normalized spacial score (nSPS) is 10.1. The van der Waals surface area contributed by atoms with E-state index in [1.807, 2.05) is 5.38 Å². The van der Waals surface area contributed by atoms with Crippen LogP contribution in [0, 0.1) is 11.3 Å². The summed E-state index contributed by atoms with van der Waals surface area (Å²) in [6, 6.07) is 10.7. The van der Waals surface area contributed by atoms with Crippen LogP contribution in [0.5, 0.6) is 0 Å². The first-order chi connectivity index (χ1) is 8.33. The summed E-state index contributed by atoms with van der Waals surface area (Å²) in [6.45, 7) is 2.15. The van der Waals surface area contributed by atoms with E-state index in [0.29, 0.717) is 6.42 Å². The predicted molar refractivity (Wildman–Crippen MR) is 70.9 cm³/mol. The Labute approximate surface area is 106 Å². The minimum atomic E-state index is 0.540. The molecule has 0 unspecified atom stereocenters. The summed E-state index contributed by atoms with van der Waals surface area (Å²) in [7, 11) is 0. The molecule has 3 heteroatoms. The van der Waals surface area contributed by atoms with Gasteiger partial charge in [0, 0.05) is 23.8 Å². The van der Waals surface area contributed by atoms with Crippen molar-refractivity contribution in [1.82, 2.24) is 4.98 Å². The maximum atomic E-state index is 8.53. The zero-order valence-electron chi connectivity index (χ0n) is 9.81. The second-order valence-electron chi connectivity index (χ2n) is 3.85. The number of rotatable bonds is 4. The number of aryl methyl sites for hydroxylation is 2. The van der Waals surface area contributed by atoms with Crippen molar-refractivity contribution >= 4 is 11.3 Å². The fourth-order valence-corrected chi connectivity index (χ4v) is 2.48. The summed E-state index contributed by atoms with van der Waals surface area (Å²) < 4.78 is 0. The standard InChI is InChI=1S/C14H14N2S/c1-2-11-5-7-12(8-6-11)14-16-13(10-17-14)4-3-9-15/h5-8,10H,2-4H2,1H3. The van der Waals surface area contributed by atoms with Gasteiger partial charge in [-0.1, -0.05) is 31.2 Å². The average molecular weight is 242 g/mol. The Bertz CT molecular complexity index is 520. The maximum absolute atomic E-state index is 8.53. The third-order valence-electron chi connectivity index (χ3n) is 2.65. The molecule has 2 nitrogen and oxygen atoms in total. The molecule has 0 aliphatic rings. The van der Waals surface area contributed by atoms with Crippen LogP contribution in [0.25, 0.3) is 10.6 Å². The van der Waals surface area contributed by atoms with E-state index in [1.54, 1.807) is 11.3 Å². The molecular weight excluding hydrogens is 228 g/mol. The third-order valence-corrected chi connectivity index (χ3v) is 3.59. The van der Waals surface area contributed by atoms with Gasteiger partial charge in [0.25, 0.3) is 0 Å². The van der Waals surface area contributed by atoms with E-state index >= 15 is 0 Å². The third kappa shape index (κ3) is 2.92. The summed E-state index contributed by atoms with van der Waals surface area (Å²) in [4.78, 5) is 4.54. The molecule has 1 heterocycles. The minimum absolute atomic E-state index is 0.540. The average Bonchev–Trinajstić information content (AvgIpc) is 2.85. The number of nitriles is 1. The zero-order chi connectivity index (χ0) is 12.1. The molecule has 0 bridgehead atoms. The second-order valence-corrected chi connectivity index (χ2v) is 4.71. The van der Waals surface area contributed by atoms with Crippen LogP contribution in [-0.4, -0.2) is 4.98 Å². The summed E-state index contributed by atoms with van der Waals surface area (Å²) in [5.74, 6) is 0. The van der Waals surface area contributed by atoms with E-state index in [-0.39, 0.29) is 0 Å². The van der Waals surface area contributed by atoms with Crippen LogP contribution in [0.4, 0.5) is 0 Å². The molecule has 0 fully saturated rings. The topological polar surface area (TPSA) is 36.7 Å². The zero-order valence-corrected chi connectivity index (χ0v) is 10.6. The van der Waals surface area contributed by atoms with Crippen LogP contribution in [0.2, 0.25) is 0 Å². The van der Waals surface area contributed by atoms with Crippen LogP contribution in [0.3, 0.4) is 0 Å². The Morgan fingerprint density at radius 3 is 2.71 bits per heavy atom. The lowest BCUT2D eigenvalue weighted by atomic mass is 10.1. The Balaban J connectivity index is 2.16. The number of hydrogen-bond donors (Lipinski definition) is 0. The van der Waals surface area contributed by atoms with Crippen LogP contribution in [0.1, 0.15) is 24.6 Å². The van der Waals surface area contributed by atoms with Crippen molar-refractivity contribution in [3.63, 3.8) is 0 Å². The highest BCUT2D eigenvalue weighted by Gasteiger charge is 2.04. The van der Waals surface area contributed by atoms with Gasteiger partial charge in [0.2, 0.25) is 0 Å². The molecule has 2 aromatic rings. The molecule has 86 valence electrons. The fraction of sp³-hybridized carbons (Fsp3) is 0.286. The van der Waals surface area contributed by atoms with Crippen molar-refractivity contribution in [3.05, 3.63) is 40.9 Å². The van der Waals surface area contributed by atoms with Crippen molar-refractivity contribution in [2.75, 3.05) is 0 Å². The second kappa shape index (κ2) is 5.60. The van der Waals surface area contributed by atoms with Crippen LogP contribution in [0.15, 0.2) is 29.6 Å². The SMILES string of the molecule is CCc1ccc(-c2nc(CCC#N)cs2)cc1. The Hall–Kier alpha value is -1.66. The van der Waals surface area contributed by atoms with Crippen LogP contribution >= 0.6 is 11.3 Å². The van der Waals surface area contributed by atoms with Gasteiger partial charge in [-0.15, -0.1) is 11.3 Å². The van der Waals surface area contributed by atoms with Crippen LogP contribution in [-0.2, 0) is 12.8 Å². The number of thiazole rings is 1. The lowest BCUT2D eigenvalue weighted by molar-refractivity contribution is 0.969. The van der Waals surface area contributed by atoms with Gasteiger partial charge < -0.3 is 0 Å².